The number of hydrogen-bond donors (Lipinski definition) is 1. The summed E-state index contributed by atoms with van der Waals surface area (Å²) in [6, 6.07) is 32.9. The number of ether oxygens (including phenoxy) is 4. The molecule has 2 saturated heterocycles. The fourth-order valence-electron chi connectivity index (χ4n) is 5.69. The first-order valence-corrected chi connectivity index (χ1v) is 24.4. The molecule has 2 heterocycles. The lowest BCUT2D eigenvalue weighted by Crippen LogP contribution is -2.31. The Bertz CT molecular complexity index is 2240. The van der Waals surface area contributed by atoms with Gasteiger partial charge in [-0.1, -0.05) is 83.5 Å². The number of halogens is 7. The second-order valence-electron chi connectivity index (χ2n) is 13.7. The fourth-order valence-corrected chi connectivity index (χ4v) is 8.44. The van der Waals surface area contributed by atoms with E-state index in [2.05, 4.69) is 35.0 Å². The van der Waals surface area contributed by atoms with Crippen LogP contribution in [-0.2, 0) is 37.1 Å². The number of carbonyl (C=O) groups excluding carboxylic acids is 2. The van der Waals surface area contributed by atoms with Crippen LogP contribution in [0.15, 0.2) is 97.1 Å². The van der Waals surface area contributed by atoms with E-state index in [9.17, 15) is 35.9 Å². The summed E-state index contributed by atoms with van der Waals surface area (Å²) in [5.41, 5.74) is 10.9. The first-order valence-electron chi connectivity index (χ1n) is 19.8. The van der Waals surface area contributed by atoms with Gasteiger partial charge < -0.3 is 24.7 Å². The summed E-state index contributed by atoms with van der Waals surface area (Å²) in [6.07, 6.45) is -8.47. The Labute approximate surface area is 400 Å². The molecule has 0 aliphatic carbocycles. The number of nitrogens with two attached hydrogens (primary N) is 1. The van der Waals surface area contributed by atoms with Crippen LogP contribution >= 0.6 is 51.2 Å². The molecule has 6 rings (SSSR count). The molecule has 0 bridgehead atoms. The number of nitriles is 3. The second-order valence-corrected chi connectivity index (χ2v) is 17.5. The molecular weight excluding hydrogens is 995 g/mol. The Hall–Kier alpha value is -4.40. The molecule has 2 aliphatic rings. The lowest BCUT2D eigenvalue weighted by atomic mass is 10.1. The van der Waals surface area contributed by atoms with Gasteiger partial charge in [0.1, 0.15) is 0 Å². The minimum atomic E-state index is -4.25. The van der Waals surface area contributed by atoms with E-state index >= 15 is 0 Å². The molecule has 2 N–H and O–H groups in total. The van der Waals surface area contributed by atoms with Crippen LogP contribution in [0.5, 0.6) is 0 Å². The van der Waals surface area contributed by atoms with Crippen LogP contribution in [0, 0.1) is 34.0 Å². The Kier molecular flexibility index (Phi) is 23.8. The number of nitrogens with zero attached hydrogens (tertiary/aromatic N) is 3. The largest absolute Gasteiger partial charge is 0.397 e. The van der Waals surface area contributed by atoms with Crippen molar-refractivity contribution in [2.75, 3.05) is 66.3 Å². The second kappa shape index (κ2) is 28.1. The Morgan fingerprint density at radius 1 is 0.606 bits per heavy atom. The molecule has 2 aliphatic heterocycles. The molecule has 0 saturated carbocycles. The molecule has 2 fully saturated rings. The number of rotatable bonds is 15. The van der Waals surface area contributed by atoms with Crippen molar-refractivity contribution >= 4 is 62.8 Å². The highest BCUT2D eigenvalue weighted by atomic mass is 79.9. The van der Waals surface area contributed by atoms with E-state index in [1.807, 2.05) is 42.1 Å². The van der Waals surface area contributed by atoms with Gasteiger partial charge in [-0.3, -0.25) is 9.59 Å². The van der Waals surface area contributed by atoms with E-state index < -0.39 is 35.4 Å². The molecule has 0 aromatic heterocycles. The number of thioether (sulfide) groups is 3. The van der Waals surface area contributed by atoms with Gasteiger partial charge in [0, 0.05) is 28.8 Å². The molecule has 4 aromatic carbocycles. The van der Waals surface area contributed by atoms with Crippen molar-refractivity contribution in [2.45, 2.75) is 37.4 Å². The van der Waals surface area contributed by atoms with E-state index in [0.29, 0.717) is 83.4 Å². The van der Waals surface area contributed by atoms with Crippen LogP contribution in [0.4, 0.5) is 26.3 Å². The Morgan fingerprint density at radius 3 is 1.33 bits per heavy atom. The summed E-state index contributed by atoms with van der Waals surface area (Å²) in [5, 5.41) is 26.1. The van der Waals surface area contributed by atoms with Crippen LogP contribution in [0.2, 0.25) is 0 Å². The van der Waals surface area contributed by atoms with Crippen molar-refractivity contribution in [3.63, 3.8) is 0 Å². The zero-order chi connectivity index (χ0) is 48.6. The van der Waals surface area contributed by atoms with Gasteiger partial charge in [0.2, 0.25) is 11.6 Å². The topological polar surface area (TPSA) is 168 Å². The molecule has 0 amide bonds. The summed E-state index contributed by atoms with van der Waals surface area (Å²) in [7, 11) is 0. The number of Topliss-reactive ketones (excluding diaryl/α,β-unsaturated/α-hetero) is 2. The molecular formula is C46H45BrF6N4O6S3. The van der Waals surface area contributed by atoms with E-state index in [1.165, 1.54) is 24.3 Å². The van der Waals surface area contributed by atoms with Gasteiger partial charge in [-0.25, -0.2) is 0 Å². The van der Waals surface area contributed by atoms with E-state index in [1.54, 1.807) is 48.5 Å². The van der Waals surface area contributed by atoms with Crippen LogP contribution < -0.4 is 5.73 Å². The smallest absolute Gasteiger partial charge is 0.343 e. The van der Waals surface area contributed by atoms with E-state index in [4.69, 9.17) is 40.5 Å². The van der Waals surface area contributed by atoms with Gasteiger partial charge in [0.15, 0.2) is 11.6 Å². The highest BCUT2D eigenvalue weighted by molar-refractivity contribution is 9.09. The van der Waals surface area contributed by atoms with Crippen molar-refractivity contribution in [3.05, 3.63) is 142 Å². The third-order valence-electron chi connectivity index (χ3n) is 8.94. The molecule has 66 heavy (non-hydrogen) atoms. The number of hydrogen-bond acceptors (Lipinski definition) is 13. The van der Waals surface area contributed by atoms with Gasteiger partial charge in [-0.2, -0.15) is 53.9 Å². The first kappa shape index (κ1) is 55.9. The van der Waals surface area contributed by atoms with Gasteiger partial charge in [-0.15, -0.1) is 23.5 Å². The maximum Gasteiger partial charge on any atom is 0.397 e. The lowest BCUT2D eigenvalue weighted by molar-refractivity contribution is -0.146. The van der Waals surface area contributed by atoms with Gasteiger partial charge in [0.25, 0.3) is 0 Å². The first-order chi connectivity index (χ1) is 31.5. The lowest BCUT2D eigenvalue weighted by Gasteiger charge is -2.27. The van der Waals surface area contributed by atoms with Crippen LogP contribution in [-0.4, -0.2) is 90.2 Å². The molecule has 20 heteroatoms. The maximum absolute atomic E-state index is 12.2. The average molecular weight is 1040 g/mol. The number of carbonyl (C=O) groups is 2. The SMILES string of the molecule is CCSCC1(c2ccc(CN)cc2)OCCO1.N#Cc1ccc(C(=O)CBr)cc1.N#Cc1ccc(C(=O)CSCC(F)(F)F)cc1.N#Cc1ccc(C2(CSCC(F)(F)F)OCCO2)cc1. The van der Waals surface area contributed by atoms with Crippen LogP contribution in [0.25, 0.3) is 0 Å². The summed E-state index contributed by atoms with van der Waals surface area (Å²) < 4.78 is 94.9. The zero-order valence-electron chi connectivity index (χ0n) is 35.5. The molecule has 352 valence electrons. The maximum atomic E-state index is 12.2. The molecule has 0 radical (unpaired) electrons. The van der Waals surface area contributed by atoms with Crippen LogP contribution in [0.1, 0.15) is 61.0 Å². The minimum absolute atomic E-state index is 0.0273. The van der Waals surface area contributed by atoms with Gasteiger partial charge in [0.05, 0.1) is 95.4 Å². The number of alkyl halides is 7. The normalized spacial score (nSPS) is 14.6. The highest BCUT2D eigenvalue weighted by Gasteiger charge is 2.40. The van der Waals surface area contributed by atoms with Crippen LogP contribution in [0.3, 0.4) is 0 Å². The van der Waals surface area contributed by atoms with E-state index in [0.717, 1.165) is 34.4 Å². The quantitative estimate of drug-likeness (QED) is 0.0679. The Morgan fingerprint density at radius 2 is 0.970 bits per heavy atom. The summed E-state index contributed by atoms with van der Waals surface area (Å²) in [6.45, 7) is 4.73. The molecule has 0 spiro atoms. The van der Waals surface area contributed by atoms with Gasteiger partial charge in [-0.05, 0) is 47.7 Å². The standard InChI is InChI=1S/C13H12F3NO2S.C13H19NO2S.C11H8F3NOS.C9H6BrNO/c14-13(15,16)9-20-8-12(18-5-6-19-12)11-3-1-10(7-17)2-4-11;1-2-17-10-13(15-7-8-16-13)12-5-3-11(9-14)4-6-12;12-11(13,14)7-17-6-10(16)9-3-1-8(5-15)2-4-9;10-5-9(12)8-3-1-7(6-11)2-4-8/h1-4H,5-6,8-9H2;3-6H,2,7-10,14H2,1H3;1-4H,6-7H2;1-4H,5H2. The van der Waals surface area contributed by atoms with E-state index in [-0.39, 0.29) is 23.1 Å². The number of benzene rings is 4. The summed E-state index contributed by atoms with van der Waals surface area (Å²) in [5.74, 6) is -2.28. The highest BCUT2D eigenvalue weighted by Crippen LogP contribution is 2.37. The summed E-state index contributed by atoms with van der Waals surface area (Å²) >= 11 is 6.16. The minimum Gasteiger partial charge on any atom is -0.343 e. The average Bonchev–Trinajstić information content (AvgIpc) is 4.02. The third-order valence-corrected chi connectivity index (χ3v) is 12.6. The predicted molar refractivity (Wildman–Crippen MR) is 247 cm³/mol. The molecule has 4 aromatic rings. The van der Waals surface area contributed by atoms with Crippen molar-refractivity contribution in [2.24, 2.45) is 5.73 Å². The molecule has 0 atom stereocenters. The van der Waals surface area contributed by atoms with Crippen molar-refractivity contribution in [3.8, 4) is 18.2 Å². The number of ketones is 2. The molecule has 0 unspecified atom stereocenters. The fraction of sp³-hybridized carbons (Fsp3) is 0.370. The molecule has 10 nitrogen and oxygen atoms in total. The van der Waals surface area contributed by atoms with Crippen molar-refractivity contribution in [1.29, 1.82) is 15.8 Å². The van der Waals surface area contributed by atoms with Gasteiger partial charge >= 0.3 is 12.4 Å². The predicted octanol–water partition coefficient (Wildman–Crippen LogP) is 10.3. The third kappa shape index (κ3) is 19.1. The Balaban J connectivity index is 0.000000237. The zero-order valence-corrected chi connectivity index (χ0v) is 39.5. The summed E-state index contributed by atoms with van der Waals surface area (Å²) in [4.78, 5) is 22.5. The monoisotopic (exact) mass is 1040 g/mol. The van der Waals surface area contributed by atoms with Crippen molar-refractivity contribution < 1.29 is 54.9 Å². The van der Waals surface area contributed by atoms with Crippen molar-refractivity contribution in [1.82, 2.24) is 0 Å².